The Kier molecular flexibility index (Phi) is 3.18. The zero-order valence-corrected chi connectivity index (χ0v) is 12.6. The van der Waals surface area contributed by atoms with E-state index in [2.05, 4.69) is 19.8 Å². The minimum absolute atomic E-state index is 0.348. The fourth-order valence-corrected chi connectivity index (χ4v) is 2.58. The Bertz CT molecular complexity index is 1090. The van der Waals surface area contributed by atoms with Crippen LogP contribution >= 0.6 is 0 Å². The number of fused-ring (bicyclic) bond motifs is 1. The van der Waals surface area contributed by atoms with Gasteiger partial charge < -0.3 is 10.6 Å². The molecule has 0 aromatic carbocycles. The van der Waals surface area contributed by atoms with Crippen molar-refractivity contribution in [3.05, 3.63) is 72.6 Å². The van der Waals surface area contributed by atoms with Crippen molar-refractivity contribution in [1.82, 2.24) is 19.4 Å². The summed E-state index contributed by atoms with van der Waals surface area (Å²) in [4.78, 5) is 16.3. The molecule has 4 aromatic rings. The van der Waals surface area contributed by atoms with Crippen LogP contribution in [0.15, 0.2) is 61.2 Å². The first-order chi connectivity index (χ1) is 11.7. The SMILES string of the molecule is [C-]#[N+]c1cccc(-c2ncc3ccc(-c4cncc(N)c4)cn23)n1. The van der Waals surface area contributed by atoms with E-state index in [1.54, 1.807) is 24.7 Å². The van der Waals surface area contributed by atoms with E-state index in [-0.39, 0.29) is 0 Å². The molecule has 0 saturated heterocycles. The van der Waals surface area contributed by atoms with Crippen LogP contribution in [-0.2, 0) is 0 Å². The highest BCUT2D eigenvalue weighted by atomic mass is 15.0. The maximum absolute atomic E-state index is 7.11. The summed E-state index contributed by atoms with van der Waals surface area (Å²) >= 11 is 0. The molecule has 4 aromatic heterocycles. The first-order valence-corrected chi connectivity index (χ1v) is 7.27. The topological polar surface area (TPSA) is 73.5 Å². The number of aromatic nitrogens is 4. The lowest BCUT2D eigenvalue weighted by atomic mass is 10.1. The predicted molar refractivity (Wildman–Crippen MR) is 92.3 cm³/mol. The van der Waals surface area contributed by atoms with Crippen molar-refractivity contribution in [3.63, 3.8) is 0 Å². The average molecular weight is 312 g/mol. The van der Waals surface area contributed by atoms with Crippen molar-refractivity contribution in [2.24, 2.45) is 0 Å². The molecule has 4 rings (SSSR count). The Hall–Kier alpha value is -3.72. The van der Waals surface area contributed by atoms with Crippen LogP contribution in [0.4, 0.5) is 11.5 Å². The monoisotopic (exact) mass is 312 g/mol. The third-order valence-corrected chi connectivity index (χ3v) is 3.70. The van der Waals surface area contributed by atoms with Crippen LogP contribution in [0.3, 0.4) is 0 Å². The summed E-state index contributed by atoms with van der Waals surface area (Å²) in [7, 11) is 0. The van der Waals surface area contributed by atoms with Crippen molar-refractivity contribution in [2.75, 3.05) is 5.73 Å². The Morgan fingerprint density at radius 1 is 1.04 bits per heavy atom. The van der Waals surface area contributed by atoms with Crippen LogP contribution in [0.2, 0.25) is 0 Å². The summed E-state index contributed by atoms with van der Waals surface area (Å²) in [6, 6.07) is 11.2. The van der Waals surface area contributed by atoms with Gasteiger partial charge in [-0.15, -0.1) is 4.98 Å². The lowest BCUT2D eigenvalue weighted by Gasteiger charge is -2.05. The maximum Gasteiger partial charge on any atom is 0.270 e. The van der Waals surface area contributed by atoms with Gasteiger partial charge in [0.2, 0.25) is 0 Å². The third-order valence-electron chi connectivity index (χ3n) is 3.70. The highest BCUT2D eigenvalue weighted by molar-refractivity contribution is 5.69. The lowest BCUT2D eigenvalue weighted by molar-refractivity contribution is 1.13. The molecule has 0 aliphatic rings. The second-order valence-corrected chi connectivity index (χ2v) is 5.29. The van der Waals surface area contributed by atoms with E-state index >= 15 is 0 Å². The fourth-order valence-electron chi connectivity index (χ4n) is 2.58. The number of hydrogen-bond acceptors (Lipinski definition) is 4. The van der Waals surface area contributed by atoms with Gasteiger partial charge in [-0.05, 0) is 24.3 Å². The predicted octanol–water partition coefficient (Wildman–Crippen LogP) is 3.59. The molecule has 0 radical (unpaired) electrons. The molecule has 0 aliphatic heterocycles. The van der Waals surface area contributed by atoms with Gasteiger partial charge in [-0.1, -0.05) is 18.7 Å². The van der Waals surface area contributed by atoms with Crippen LogP contribution in [0.25, 0.3) is 33.0 Å². The molecule has 6 heteroatoms. The molecule has 0 spiro atoms. The van der Waals surface area contributed by atoms with Gasteiger partial charge in [0, 0.05) is 29.7 Å². The van der Waals surface area contributed by atoms with Gasteiger partial charge in [0.25, 0.3) is 5.82 Å². The zero-order valence-electron chi connectivity index (χ0n) is 12.6. The molecule has 0 bridgehead atoms. The normalized spacial score (nSPS) is 10.6. The van der Waals surface area contributed by atoms with Crippen LogP contribution < -0.4 is 5.73 Å². The first-order valence-electron chi connectivity index (χ1n) is 7.27. The summed E-state index contributed by atoms with van der Waals surface area (Å²) in [5, 5.41) is 0. The molecular formula is C18H12N6. The number of rotatable bonds is 2. The molecule has 114 valence electrons. The molecule has 0 aliphatic carbocycles. The van der Waals surface area contributed by atoms with E-state index in [4.69, 9.17) is 12.3 Å². The van der Waals surface area contributed by atoms with Gasteiger partial charge in [-0.3, -0.25) is 9.38 Å². The number of nitrogens with two attached hydrogens (primary N) is 1. The first kappa shape index (κ1) is 13.9. The Labute approximate surface area is 138 Å². The highest BCUT2D eigenvalue weighted by Gasteiger charge is 2.12. The van der Waals surface area contributed by atoms with Crippen LogP contribution in [0.5, 0.6) is 0 Å². The van der Waals surface area contributed by atoms with E-state index < -0.39 is 0 Å². The molecular weight excluding hydrogens is 300 g/mol. The molecule has 0 amide bonds. The highest BCUT2D eigenvalue weighted by Crippen LogP contribution is 2.25. The fraction of sp³-hybridized carbons (Fsp3) is 0. The van der Waals surface area contributed by atoms with E-state index in [0.29, 0.717) is 23.0 Å². The van der Waals surface area contributed by atoms with Crippen LogP contribution in [0.1, 0.15) is 0 Å². The Morgan fingerprint density at radius 2 is 1.96 bits per heavy atom. The molecule has 0 fully saturated rings. The standard InChI is InChI=1S/C18H12N6/c1-20-17-4-2-3-16(23-17)18-22-10-15-6-5-12(11-24(15)18)13-7-14(19)9-21-8-13/h2-11H,19H2. The zero-order chi connectivity index (χ0) is 16.5. The summed E-state index contributed by atoms with van der Waals surface area (Å²) in [5.74, 6) is 1.04. The minimum Gasteiger partial charge on any atom is -0.397 e. The van der Waals surface area contributed by atoms with Gasteiger partial charge in [0.1, 0.15) is 0 Å². The quantitative estimate of drug-likeness (QED) is 0.574. The van der Waals surface area contributed by atoms with E-state index in [1.165, 1.54) is 0 Å². The molecule has 4 heterocycles. The average Bonchev–Trinajstić information content (AvgIpc) is 3.05. The smallest absolute Gasteiger partial charge is 0.270 e. The van der Waals surface area contributed by atoms with Crippen molar-refractivity contribution in [1.29, 1.82) is 0 Å². The molecule has 24 heavy (non-hydrogen) atoms. The molecule has 0 atom stereocenters. The van der Waals surface area contributed by atoms with Crippen molar-refractivity contribution in [2.45, 2.75) is 0 Å². The molecule has 6 nitrogen and oxygen atoms in total. The van der Waals surface area contributed by atoms with Crippen molar-refractivity contribution < 1.29 is 0 Å². The molecule has 2 N–H and O–H groups in total. The van der Waals surface area contributed by atoms with E-state index in [9.17, 15) is 0 Å². The Balaban J connectivity index is 1.89. The minimum atomic E-state index is 0.348. The summed E-state index contributed by atoms with van der Waals surface area (Å²) in [6.45, 7) is 7.11. The van der Waals surface area contributed by atoms with E-state index in [0.717, 1.165) is 16.6 Å². The number of pyridine rings is 3. The summed E-state index contributed by atoms with van der Waals surface area (Å²) < 4.78 is 1.95. The number of nitrogens with zero attached hydrogens (tertiary/aromatic N) is 5. The van der Waals surface area contributed by atoms with Gasteiger partial charge in [-0.25, -0.2) is 4.98 Å². The van der Waals surface area contributed by atoms with Gasteiger partial charge in [-0.2, -0.15) is 0 Å². The summed E-state index contributed by atoms with van der Waals surface area (Å²) in [6.07, 6.45) is 7.14. The molecule has 0 saturated carbocycles. The van der Waals surface area contributed by atoms with Crippen molar-refractivity contribution in [3.8, 4) is 22.6 Å². The second-order valence-electron chi connectivity index (χ2n) is 5.29. The lowest BCUT2D eigenvalue weighted by Crippen LogP contribution is -1.93. The van der Waals surface area contributed by atoms with Crippen LogP contribution in [-0.4, -0.2) is 19.4 Å². The Morgan fingerprint density at radius 3 is 2.79 bits per heavy atom. The van der Waals surface area contributed by atoms with Crippen molar-refractivity contribution >= 4 is 17.0 Å². The number of nitrogen functional groups attached to an aromatic ring is 1. The number of imidazole rings is 1. The van der Waals surface area contributed by atoms with Crippen LogP contribution in [0, 0.1) is 6.57 Å². The van der Waals surface area contributed by atoms with Gasteiger partial charge in [0.15, 0.2) is 11.5 Å². The number of hydrogen-bond donors (Lipinski definition) is 1. The second kappa shape index (κ2) is 5.48. The number of anilines is 1. The third kappa shape index (κ3) is 2.34. The van der Waals surface area contributed by atoms with E-state index in [1.807, 2.05) is 40.9 Å². The van der Waals surface area contributed by atoms with Gasteiger partial charge in [0.05, 0.1) is 17.4 Å². The summed E-state index contributed by atoms with van der Waals surface area (Å²) in [5.41, 5.74) is 9.95. The maximum atomic E-state index is 7.11. The van der Waals surface area contributed by atoms with Gasteiger partial charge >= 0.3 is 0 Å². The molecule has 0 unspecified atom stereocenters. The largest absolute Gasteiger partial charge is 0.397 e.